The Balaban J connectivity index is 1.60. The summed E-state index contributed by atoms with van der Waals surface area (Å²) in [7, 11) is 0. The molecule has 3 rings (SSSR count). The molecule has 128 valence electrons. The number of carbonyl (C=O) groups is 1. The Hall–Kier alpha value is -1.60. The standard InChI is InChI=1S/C17H13Cl2N3OS2/c1-10-2-5-12(6-3-10)24-9-15(23)20-17-22-21-16(25-17)13-7-4-11(18)8-14(13)19/h2-8H,9H2,1H3,(H,20,22,23). The van der Waals surface area contributed by atoms with Crippen molar-refractivity contribution in [3.63, 3.8) is 0 Å². The Labute approximate surface area is 163 Å². The van der Waals surface area contributed by atoms with E-state index in [4.69, 9.17) is 23.2 Å². The maximum Gasteiger partial charge on any atom is 0.236 e. The topological polar surface area (TPSA) is 54.9 Å². The van der Waals surface area contributed by atoms with Crippen LogP contribution in [0.3, 0.4) is 0 Å². The molecular formula is C17H13Cl2N3OS2. The first-order valence-electron chi connectivity index (χ1n) is 7.29. The summed E-state index contributed by atoms with van der Waals surface area (Å²) in [6.45, 7) is 2.03. The lowest BCUT2D eigenvalue weighted by Crippen LogP contribution is -2.13. The van der Waals surface area contributed by atoms with Crippen LogP contribution in [0.1, 0.15) is 5.56 Å². The van der Waals surface area contributed by atoms with Crippen LogP contribution in [0.5, 0.6) is 0 Å². The van der Waals surface area contributed by atoms with Crippen LogP contribution in [0.25, 0.3) is 10.6 Å². The van der Waals surface area contributed by atoms with Crippen LogP contribution in [-0.4, -0.2) is 21.9 Å². The number of hydrogen-bond donors (Lipinski definition) is 1. The minimum Gasteiger partial charge on any atom is -0.300 e. The molecule has 1 N–H and O–H groups in total. The van der Waals surface area contributed by atoms with Crippen LogP contribution in [0.4, 0.5) is 5.13 Å². The van der Waals surface area contributed by atoms with Gasteiger partial charge in [0.15, 0.2) is 5.01 Å². The quantitative estimate of drug-likeness (QED) is 0.561. The third-order valence-electron chi connectivity index (χ3n) is 3.22. The molecule has 0 aliphatic rings. The number of nitrogens with zero attached hydrogens (tertiary/aromatic N) is 2. The molecule has 0 fully saturated rings. The summed E-state index contributed by atoms with van der Waals surface area (Å²) in [5.41, 5.74) is 1.93. The maximum atomic E-state index is 12.1. The molecule has 0 unspecified atom stereocenters. The zero-order chi connectivity index (χ0) is 17.8. The van der Waals surface area contributed by atoms with Gasteiger partial charge in [-0.3, -0.25) is 10.1 Å². The summed E-state index contributed by atoms with van der Waals surface area (Å²) >= 11 is 14.8. The predicted molar refractivity (Wildman–Crippen MR) is 106 cm³/mol. The number of carbonyl (C=O) groups excluding carboxylic acids is 1. The van der Waals surface area contributed by atoms with Gasteiger partial charge in [-0.15, -0.1) is 22.0 Å². The fourth-order valence-electron chi connectivity index (χ4n) is 1.98. The molecule has 0 bridgehead atoms. The van der Waals surface area contributed by atoms with E-state index in [1.165, 1.54) is 28.7 Å². The van der Waals surface area contributed by atoms with E-state index >= 15 is 0 Å². The largest absolute Gasteiger partial charge is 0.300 e. The molecule has 0 saturated carbocycles. The molecule has 0 atom stereocenters. The third-order valence-corrected chi connectivity index (χ3v) is 5.66. The lowest BCUT2D eigenvalue weighted by Gasteiger charge is -2.02. The van der Waals surface area contributed by atoms with Crippen LogP contribution in [0.15, 0.2) is 47.4 Å². The highest BCUT2D eigenvalue weighted by atomic mass is 35.5. The Morgan fingerprint density at radius 3 is 2.64 bits per heavy atom. The first-order valence-corrected chi connectivity index (χ1v) is 9.85. The lowest BCUT2D eigenvalue weighted by molar-refractivity contribution is -0.113. The number of anilines is 1. The van der Waals surface area contributed by atoms with E-state index in [2.05, 4.69) is 15.5 Å². The third kappa shape index (κ3) is 4.95. The van der Waals surface area contributed by atoms with E-state index in [0.29, 0.717) is 25.9 Å². The van der Waals surface area contributed by atoms with Gasteiger partial charge in [-0.25, -0.2) is 0 Å². The molecule has 0 saturated heterocycles. The molecule has 0 radical (unpaired) electrons. The maximum absolute atomic E-state index is 12.1. The molecule has 1 amide bonds. The molecule has 1 heterocycles. The predicted octanol–water partition coefficient (Wildman–Crippen LogP) is 5.55. The van der Waals surface area contributed by atoms with Gasteiger partial charge in [0.2, 0.25) is 11.0 Å². The van der Waals surface area contributed by atoms with E-state index < -0.39 is 0 Å². The summed E-state index contributed by atoms with van der Waals surface area (Å²) in [5, 5.41) is 13.0. The molecule has 0 spiro atoms. The number of hydrogen-bond acceptors (Lipinski definition) is 5. The van der Waals surface area contributed by atoms with Crippen LogP contribution in [0, 0.1) is 6.92 Å². The average Bonchev–Trinajstić information content (AvgIpc) is 3.02. The van der Waals surface area contributed by atoms with Crippen molar-refractivity contribution in [1.29, 1.82) is 0 Å². The monoisotopic (exact) mass is 409 g/mol. The Kier molecular flexibility index (Phi) is 5.96. The minimum atomic E-state index is -0.129. The van der Waals surface area contributed by atoms with Gasteiger partial charge in [0.1, 0.15) is 0 Å². The minimum absolute atomic E-state index is 0.129. The number of rotatable bonds is 5. The Morgan fingerprint density at radius 2 is 1.92 bits per heavy atom. The molecule has 3 aromatic rings. The van der Waals surface area contributed by atoms with Crippen LogP contribution in [-0.2, 0) is 4.79 Å². The summed E-state index contributed by atoms with van der Waals surface area (Å²) in [5.74, 6) is 0.176. The highest BCUT2D eigenvalue weighted by molar-refractivity contribution is 8.00. The van der Waals surface area contributed by atoms with E-state index in [0.717, 1.165) is 10.5 Å². The Morgan fingerprint density at radius 1 is 1.16 bits per heavy atom. The molecule has 2 aromatic carbocycles. The van der Waals surface area contributed by atoms with Crippen molar-refractivity contribution in [1.82, 2.24) is 10.2 Å². The Bertz CT molecular complexity index is 897. The van der Waals surface area contributed by atoms with Gasteiger partial charge in [0.05, 0.1) is 10.8 Å². The number of aryl methyl sites for hydroxylation is 1. The van der Waals surface area contributed by atoms with Gasteiger partial charge in [-0.1, -0.05) is 52.2 Å². The van der Waals surface area contributed by atoms with Crippen molar-refractivity contribution in [2.75, 3.05) is 11.1 Å². The first-order chi connectivity index (χ1) is 12.0. The number of amides is 1. The van der Waals surface area contributed by atoms with Crippen LogP contribution >= 0.6 is 46.3 Å². The van der Waals surface area contributed by atoms with Gasteiger partial charge in [0, 0.05) is 15.5 Å². The van der Waals surface area contributed by atoms with Crippen LogP contribution < -0.4 is 5.32 Å². The first kappa shape index (κ1) is 18.2. The second kappa shape index (κ2) is 8.19. The molecule has 4 nitrogen and oxygen atoms in total. The summed E-state index contributed by atoms with van der Waals surface area (Å²) in [6.07, 6.45) is 0. The molecular weight excluding hydrogens is 397 g/mol. The fraction of sp³-hybridized carbons (Fsp3) is 0.118. The molecule has 8 heteroatoms. The van der Waals surface area contributed by atoms with E-state index in [9.17, 15) is 4.79 Å². The summed E-state index contributed by atoms with van der Waals surface area (Å²) in [6, 6.07) is 13.2. The van der Waals surface area contributed by atoms with Gasteiger partial charge >= 0.3 is 0 Å². The zero-order valence-corrected chi connectivity index (χ0v) is 16.3. The van der Waals surface area contributed by atoms with Gasteiger partial charge in [0.25, 0.3) is 0 Å². The van der Waals surface area contributed by atoms with Gasteiger partial charge in [-0.2, -0.15) is 0 Å². The summed E-state index contributed by atoms with van der Waals surface area (Å²) < 4.78 is 0. The molecule has 0 aliphatic heterocycles. The number of thioether (sulfide) groups is 1. The number of halogens is 2. The van der Waals surface area contributed by atoms with E-state index in [-0.39, 0.29) is 5.91 Å². The average molecular weight is 410 g/mol. The fourth-order valence-corrected chi connectivity index (χ4v) is 4.04. The number of nitrogens with one attached hydrogen (secondary N) is 1. The van der Waals surface area contributed by atoms with Gasteiger partial charge in [-0.05, 0) is 37.3 Å². The van der Waals surface area contributed by atoms with Crippen molar-refractivity contribution in [2.24, 2.45) is 0 Å². The highest BCUT2D eigenvalue weighted by Gasteiger charge is 2.12. The highest BCUT2D eigenvalue weighted by Crippen LogP contribution is 2.33. The molecule has 1 aromatic heterocycles. The number of benzene rings is 2. The van der Waals surface area contributed by atoms with Crippen molar-refractivity contribution >= 4 is 57.3 Å². The lowest BCUT2D eigenvalue weighted by atomic mass is 10.2. The second-order valence-corrected chi connectivity index (χ2v) is 8.06. The smallest absolute Gasteiger partial charge is 0.236 e. The van der Waals surface area contributed by atoms with Crippen molar-refractivity contribution in [2.45, 2.75) is 11.8 Å². The summed E-state index contributed by atoms with van der Waals surface area (Å²) in [4.78, 5) is 13.1. The van der Waals surface area contributed by atoms with Gasteiger partial charge < -0.3 is 0 Å². The molecule has 0 aliphatic carbocycles. The van der Waals surface area contributed by atoms with E-state index in [1.54, 1.807) is 18.2 Å². The van der Waals surface area contributed by atoms with Crippen molar-refractivity contribution < 1.29 is 4.79 Å². The van der Waals surface area contributed by atoms with Crippen LogP contribution in [0.2, 0.25) is 10.0 Å². The SMILES string of the molecule is Cc1ccc(SCC(=O)Nc2nnc(-c3ccc(Cl)cc3Cl)s2)cc1. The van der Waals surface area contributed by atoms with Crippen molar-refractivity contribution in [3.05, 3.63) is 58.1 Å². The normalized spacial score (nSPS) is 10.7. The van der Waals surface area contributed by atoms with E-state index in [1.807, 2.05) is 31.2 Å². The second-order valence-electron chi connectivity index (χ2n) is 5.19. The number of aromatic nitrogens is 2. The van der Waals surface area contributed by atoms with Crippen molar-refractivity contribution in [3.8, 4) is 10.6 Å². The zero-order valence-electron chi connectivity index (χ0n) is 13.1. The molecule has 25 heavy (non-hydrogen) atoms.